The van der Waals surface area contributed by atoms with Crippen molar-refractivity contribution < 1.29 is 23.7 Å². The molecule has 2 unspecified atom stereocenters. The minimum absolute atomic E-state index is 0.103. The third kappa shape index (κ3) is 2.72. The lowest BCUT2D eigenvalue weighted by Gasteiger charge is -2.25. The van der Waals surface area contributed by atoms with Gasteiger partial charge in [0.05, 0.1) is 13.2 Å². The maximum absolute atomic E-state index is 6.10. The zero-order valence-electron chi connectivity index (χ0n) is 12.2. The van der Waals surface area contributed by atoms with Gasteiger partial charge in [-0.05, 0) is 19.4 Å². The quantitative estimate of drug-likeness (QED) is 0.793. The van der Waals surface area contributed by atoms with Crippen LogP contribution in [0.25, 0.3) is 0 Å². The summed E-state index contributed by atoms with van der Waals surface area (Å²) in [6.45, 7) is 5.04. The Labute approximate surface area is 124 Å². The second kappa shape index (κ2) is 5.04. The van der Waals surface area contributed by atoms with Gasteiger partial charge in [-0.2, -0.15) is 0 Å². The van der Waals surface area contributed by atoms with Crippen molar-refractivity contribution in [1.29, 1.82) is 0 Å². The Morgan fingerprint density at radius 2 is 1.90 bits per heavy atom. The lowest BCUT2D eigenvalue weighted by Crippen LogP contribution is -2.39. The molecule has 0 amide bonds. The zero-order valence-corrected chi connectivity index (χ0v) is 12.2. The zero-order chi connectivity index (χ0) is 14.4. The molecule has 0 bridgehead atoms. The van der Waals surface area contributed by atoms with Crippen LogP contribution in [0.4, 0.5) is 0 Å². The SMILES string of the molecule is CC1(C)OC2[C@H](O[C@H](C3CO3)[C@H]2OCc2ccccc2)O1. The van der Waals surface area contributed by atoms with Gasteiger partial charge < -0.3 is 23.7 Å². The average Bonchev–Trinajstić information content (AvgIpc) is 3.18. The van der Waals surface area contributed by atoms with Crippen LogP contribution in [0.3, 0.4) is 0 Å². The molecule has 5 nitrogen and oxygen atoms in total. The molecule has 3 aliphatic rings. The molecule has 114 valence electrons. The van der Waals surface area contributed by atoms with Crippen molar-refractivity contribution in [3.05, 3.63) is 35.9 Å². The second-order valence-electron chi connectivity index (χ2n) is 6.20. The van der Waals surface area contributed by atoms with E-state index >= 15 is 0 Å². The van der Waals surface area contributed by atoms with Gasteiger partial charge in [0.2, 0.25) is 0 Å². The Hall–Kier alpha value is -0.980. The van der Waals surface area contributed by atoms with E-state index in [4.69, 9.17) is 23.7 Å². The summed E-state index contributed by atoms with van der Waals surface area (Å²) < 4.78 is 29.2. The van der Waals surface area contributed by atoms with Gasteiger partial charge in [0, 0.05) is 0 Å². The molecule has 0 aliphatic carbocycles. The van der Waals surface area contributed by atoms with Crippen LogP contribution < -0.4 is 0 Å². The number of hydrogen-bond donors (Lipinski definition) is 0. The molecule has 3 heterocycles. The number of epoxide rings is 1. The van der Waals surface area contributed by atoms with E-state index in [1.165, 1.54) is 0 Å². The molecule has 0 radical (unpaired) electrons. The number of ether oxygens (including phenoxy) is 5. The van der Waals surface area contributed by atoms with Gasteiger partial charge in [0.25, 0.3) is 0 Å². The third-order valence-electron chi connectivity index (χ3n) is 4.04. The summed E-state index contributed by atoms with van der Waals surface area (Å²) in [7, 11) is 0. The molecular formula is C16H20O5. The minimum atomic E-state index is -0.626. The van der Waals surface area contributed by atoms with E-state index in [0.29, 0.717) is 6.61 Å². The van der Waals surface area contributed by atoms with Crippen molar-refractivity contribution in [1.82, 2.24) is 0 Å². The highest BCUT2D eigenvalue weighted by Gasteiger charge is 2.59. The molecule has 3 fully saturated rings. The molecule has 5 atom stereocenters. The standard InChI is InChI=1S/C16H20O5/c1-16(2)20-14-13(18-8-10-6-4-3-5-7-10)12(11-9-17-11)19-15(14)21-16/h3-7,11-15H,8-9H2,1-2H3/t11?,12-,13-,14?,15-/m1/s1. The Morgan fingerprint density at radius 3 is 2.62 bits per heavy atom. The summed E-state index contributed by atoms with van der Waals surface area (Å²) in [6.07, 6.45) is -0.733. The molecule has 21 heavy (non-hydrogen) atoms. The first-order chi connectivity index (χ1) is 10.1. The normalized spacial score (nSPS) is 40.2. The van der Waals surface area contributed by atoms with Crippen molar-refractivity contribution in [2.24, 2.45) is 0 Å². The average molecular weight is 292 g/mol. The second-order valence-corrected chi connectivity index (χ2v) is 6.20. The first kappa shape index (κ1) is 13.7. The van der Waals surface area contributed by atoms with Gasteiger partial charge in [-0.25, -0.2) is 0 Å². The van der Waals surface area contributed by atoms with E-state index in [1.54, 1.807) is 0 Å². The Morgan fingerprint density at radius 1 is 1.14 bits per heavy atom. The molecule has 0 N–H and O–H groups in total. The molecular weight excluding hydrogens is 272 g/mol. The number of rotatable bonds is 4. The summed E-state index contributed by atoms with van der Waals surface area (Å²) in [5.74, 6) is -0.626. The minimum Gasteiger partial charge on any atom is -0.370 e. The van der Waals surface area contributed by atoms with E-state index in [0.717, 1.165) is 12.2 Å². The first-order valence-electron chi connectivity index (χ1n) is 7.41. The van der Waals surface area contributed by atoms with Crippen LogP contribution in [0.2, 0.25) is 0 Å². The van der Waals surface area contributed by atoms with Crippen LogP contribution in [-0.4, -0.2) is 43.1 Å². The largest absolute Gasteiger partial charge is 0.370 e. The Kier molecular flexibility index (Phi) is 3.28. The molecule has 5 heteroatoms. The summed E-state index contributed by atoms with van der Waals surface area (Å²) in [5.41, 5.74) is 1.13. The molecule has 3 aliphatic heterocycles. The van der Waals surface area contributed by atoms with Crippen molar-refractivity contribution in [3.8, 4) is 0 Å². The maximum Gasteiger partial charge on any atom is 0.190 e. The molecule has 3 saturated heterocycles. The topological polar surface area (TPSA) is 49.5 Å². The van der Waals surface area contributed by atoms with Gasteiger partial charge in [0.15, 0.2) is 12.1 Å². The first-order valence-corrected chi connectivity index (χ1v) is 7.41. The highest BCUT2D eigenvalue weighted by Crippen LogP contribution is 2.42. The van der Waals surface area contributed by atoms with Crippen molar-refractivity contribution in [2.75, 3.05) is 6.61 Å². The highest BCUT2D eigenvalue weighted by molar-refractivity contribution is 5.13. The Balaban J connectivity index is 1.47. The fourth-order valence-corrected chi connectivity index (χ4v) is 3.01. The smallest absolute Gasteiger partial charge is 0.190 e. The monoisotopic (exact) mass is 292 g/mol. The molecule has 0 aromatic heterocycles. The van der Waals surface area contributed by atoms with Crippen LogP contribution >= 0.6 is 0 Å². The van der Waals surface area contributed by atoms with Crippen LogP contribution in [0, 0.1) is 0 Å². The number of benzene rings is 1. The van der Waals surface area contributed by atoms with Crippen molar-refractivity contribution in [2.45, 2.75) is 56.9 Å². The lowest BCUT2D eigenvalue weighted by atomic mass is 10.1. The van der Waals surface area contributed by atoms with E-state index < -0.39 is 5.79 Å². The molecule has 1 aromatic carbocycles. The summed E-state index contributed by atoms with van der Waals surface area (Å²) >= 11 is 0. The van der Waals surface area contributed by atoms with Crippen LogP contribution in [0.15, 0.2) is 30.3 Å². The molecule has 1 aromatic rings. The molecule has 0 spiro atoms. The fraction of sp³-hybridized carbons (Fsp3) is 0.625. The van der Waals surface area contributed by atoms with Crippen LogP contribution in [0.1, 0.15) is 19.4 Å². The molecule has 0 saturated carbocycles. The number of hydrogen-bond acceptors (Lipinski definition) is 5. The van der Waals surface area contributed by atoms with Gasteiger partial charge >= 0.3 is 0 Å². The van der Waals surface area contributed by atoms with Gasteiger partial charge in [0.1, 0.15) is 24.4 Å². The van der Waals surface area contributed by atoms with E-state index in [1.807, 2.05) is 44.2 Å². The molecule has 4 rings (SSSR count). The lowest BCUT2D eigenvalue weighted by molar-refractivity contribution is -0.221. The van der Waals surface area contributed by atoms with Gasteiger partial charge in [-0.1, -0.05) is 30.3 Å². The highest BCUT2D eigenvalue weighted by atomic mass is 16.8. The van der Waals surface area contributed by atoms with Gasteiger partial charge in [-0.15, -0.1) is 0 Å². The predicted molar refractivity (Wildman–Crippen MR) is 73.5 cm³/mol. The fourth-order valence-electron chi connectivity index (χ4n) is 3.01. The van der Waals surface area contributed by atoms with Gasteiger partial charge in [-0.3, -0.25) is 0 Å². The van der Waals surface area contributed by atoms with Crippen LogP contribution in [-0.2, 0) is 30.3 Å². The summed E-state index contributed by atoms with van der Waals surface area (Å²) in [6, 6.07) is 10.1. The van der Waals surface area contributed by atoms with Crippen molar-refractivity contribution >= 4 is 0 Å². The Bertz CT molecular complexity index is 499. The predicted octanol–water partition coefficient (Wildman–Crippen LogP) is 1.85. The van der Waals surface area contributed by atoms with Crippen LogP contribution in [0.5, 0.6) is 0 Å². The van der Waals surface area contributed by atoms with E-state index in [9.17, 15) is 0 Å². The van der Waals surface area contributed by atoms with E-state index in [-0.39, 0.29) is 30.7 Å². The summed E-state index contributed by atoms with van der Waals surface area (Å²) in [5, 5.41) is 0. The van der Waals surface area contributed by atoms with E-state index in [2.05, 4.69) is 0 Å². The summed E-state index contributed by atoms with van der Waals surface area (Å²) in [4.78, 5) is 0. The maximum atomic E-state index is 6.10. The number of fused-ring (bicyclic) bond motifs is 1. The van der Waals surface area contributed by atoms with Crippen molar-refractivity contribution in [3.63, 3.8) is 0 Å². The third-order valence-corrected chi connectivity index (χ3v) is 4.04.